The molecule has 0 radical (unpaired) electrons. The molecule has 0 aliphatic rings. The second-order valence-electron chi connectivity index (χ2n) is 4.93. The summed E-state index contributed by atoms with van der Waals surface area (Å²) in [5.74, 6) is -0.374. The highest BCUT2D eigenvalue weighted by Crippen LogP contribution is 2.28. The predicted molar refractivity (Wildman–Crippen MR) is 89.3 cm³/mol. The van der Waals surface area contributed by atoms with Crippen molar-refractivity contribution in [1.82, 2.24) is 0 Å². The highest BCUT2D eigenvalue weighted by Gasteiger charge is 2.20. The molecule has 1 amide bonds. The first kappa shape index (κ1) is 17.7. The second kappa shape index (κ2) is 7.73. The number of nitrogens with one attached hydrogen (secondary N) is 1. The third-order valence-electron chi connectivity index (χ3n) is 3.29. The first-order valence-electron chi connectivity index (χ1n) is 7.08. The quantitative estimate of drug-likeness (QED) is 0.359. The third kappa shape index (κ3) is 4.64. The van der Waals surface area contributed by atoms with Crippen molar-refractivity contribution in [2.75, 3.05) is 5.32 Å². The van der Waals surface area contributed by atoms with Crippen LogP contribution in [0.25, 0.3) is 0 Å². The minimum atomic E-state index is -1.48. The van der Waals surface area contributed by atoms with Gasteiger partial charge in [-0.25, -0.2) is 4.79 Å². The van der Waals surface area contributed by atoms with E-state index < -0.39 is 17.2 Å². The van der Waals surface area contributed by atoms with Crippen LogP contribution in [0.1, 0.15) is 17.2 Å². The smallest absolute Gasteiger partial charge is 0.450 e. The summed E-state index contributed by atoms with van der Waals surface area (Å²) in [5.41, 5.74) is 1.34. The van der Waals surface area contributed by atoms with Crippen molar-refractivity contribution in [2.24, 2.45) is 0 Å². The van der Waals surface area contributed by atoms with Crippen LogP contribution in [0.2, 0.25) is 0 Å². The van der Waals surface area contributed by atoms with Crippen LogP contribution in [-0.2, 0) is 9.53 Å². The van der Waals surface area contributed by atoms with E-state index in [9.17, 15) is 19.7 Å². The van der Waals surface area contributed by atoms with Gasteiger partial charge in [-0.2, -0.15) is 0 Å². The molecule has 2 rings (SSSR count). The molecule has 128 valence electrons. The van der Waals surface area contributed by atoms with Crippen molar-refractivity contribution >= 4 is 23.4 Å². The first-order valence-corrected chi connectivity index (χ1v) is 7.08. The lowest BCUT2D eigenvalue weighted by Gasteiger charge is -2.17. The molecule has 0 bridgehead atoms. The fourth-order valence-electron chi connectivity index (χ4n) is 2.13. The van der Waals surface area contributed by atoms with Gasteiger partial charge in [0.2, 0.25) is 5.91 Å². The summed E-state index contributed by atoms with van der Waals surface area (Å²) in [7, 11) is 0. The van der Waals surface area contributed by atoms with Gasteiger partial charge in [-0.05, 0) is 41.5 Å². The van der Waals surface area contributed by atoms with E-state index in [-0.39, 0.29) is 11.6 Å². The number of anilines is 1. The van der Waals surface area contributed by atoms with Gasteiger partial charge in [0.1, 0.15) is 0 Å². The molecule has 25 heavy (non-hydrogen) atoms. The van der Waals surface area contributed by atoms with Gasteiger partial charge in [0.25, 0.3) is 5.69 Å². The number of rotatable bonds is 6. The number of carbonyl (C=O) groups excluding carboxylic acids is 1. The van der Waals surface area contributed by atoms with E-state index in [4.69, 9.17) is 9.84 Å². The van der Waals surface area contributed by atoms with Crippen LogP contribution in [0.15, 0.2) is 61.2 Å². The fourth-order valence-corrected chi connectivity index (χ4v) is 2.13. The molecule has 0 aliphatic heterocycles. The molecule has 2 aromatic rings. The van der Waals surface area contributed by atoms with Gasteiger partial charge in [0.05, 0.1) is 4.92 Å². The van der Waals surface area contributed by atoms with Crippen molar-refractivity contribution in [3.05, 3.63) is 82.4 Å². The Kier molecular flexibility index (Phi) is 5.47. The fraction of sp³-hybridized carbons (Fsp3) is 0.0588. The van der Waals surface area contributed by atoms with Gasteiger partial charge in [-0.3, -0.25) is 14.9 Å². The molecule has 0 saturated carbocycles. The van der Waals surface area contributed by atoms with E-state index >= 15 is 0 Å². The maximum Gasteiger partial charge on any atom is 0.506 e. The Bertz CT molecular complexity index is 799. The minimum absolute atomic E-state index is 0.111. The molecule has 8 nitrogen and oxygen atoms in total. The number of carboxylic acid groups (broad SMARTS) is 1. The Hall–Kier alpha value is -3.68. The molecular weight excluding hydrogens is 328 g/mol. The summed E-state index contributed by atoms with van der Waals surface area (Å²) in [6, 6.07) is 11.7. The lowest BCUT2D eigenvalue weighted by Crippen LogP contribution is -2.11. The first-order chi connectivity index (χ1) is 11.9. The van der Waals surface area contributed by atoms with E-state index in [2.05, 4.69) is 11.9 Å². The molecule has 8 heteroatoms. The Morgan fingerprint density at radius 3 is 2.08 bits per heavy atom. The topological polar surface area (TPSA) is 119 Å². The zero-order chi connectivity index (χ0) is 18.4. The highest BCUT2D eigenvalue weighted by atomic mass is 16.7. The number of nitro benzene ring substituents is 1. The van der Waals surface area contributed by atoms with Gasteiger partial charge in [0, 0.05) is 17.8 Å². The average molecular weight is 342 g/mol. The van der Waals surface area contributed by atoms with Crippen molar-refractivity contribution in [3.63, 3.8) is 0 Å². The zero-order valence-electron chi connectivity index (χ0n) is 12.9. The molecule has 0 aliphatic carbocycles. The van der Waals surface area contributed by atoms with E-state index in [0.717, 1.165) is 6.08 Å². The molecule has 0 heterocycles. The third-order valence-corrected chi connectivity index (χ3v) is 3.29. The monoisotopic (exact) mass is 342 g/mol. The predicted octanol–water partition coefficient (Wildman–Crippen LogP) is 3.50. The molecule has 2 N–H and O–H groups in total. The molecule has 0 fully saturated rings. The Morgan fingerprint density at radius 1 is 1.12 bits per heavy atom. The van der Waals surface area contributed by atoms with Crippen LogP contribution in [0, 0.1) is 10.1 Å². The van der Waals surface area contributed by atoms with Crippen LogP contribution in [-0.4, -0.2) is 22.1 Å². The summed E-state index contributed by atoms with van der Waals surface area (Å²) < 4.78 is 4.91. The van der Waals surface area contributed by atoms with Crippen LogP contribution in [0.3, 0.4) is 0 Å². The van der Waals surface area contributed by atoms with Crippen molar-refractivity contribution in [2.45, 2.75) is 6.10 Å². The SMILES string of the molecule is C=CC(=O)Nc1ccc(C(OC(=O)O)c2ccc([N+](=O)[O-])cc2)cc1. The summed E-state index contributed by atoms with van der Waals surface area (Å²) in [6.45, 7) is 3.35. The number of benzene rings is 2. The number of non-ortho nitro benzene ring substituents is 1. The lowest BCUT2D eigenvalue weighted by atomic mass is 10.0. The normalized spacial score (nSPS) is 11.2. The Balaban J connectivity index is 2.30. The van der Waals surface area contributed by atoms with Crippen molar-refractivity contribution in [1.29, 1.82) is 0 Å². The van der Waals surface area contributed by atoms with Crippen LogP contribution < -0.4 is 5.32 Å². The van der Waals surface area contributed by atoms with E-state index in [1.165, 1.54) is 24.3 Å². The van der Waals surface area contributed by atoms with Crippen molar-refractivity contribution in [3.8, 4) is 0 Å². The maximum atomic E-state index is 11.3. The zero-order valence-corrected chi connectivity index (χ0v) is 12.9. The van der Waals surface area contributed by atoms with Crippen LogP contribution in [0.4, 0.5) is 16.2 Å². The number of nitrogens with zero attached hydrogens (tertiary/aromatic N) is 1. The standard InChI is InChI=1S/C17H14N2O6/c1-2-15(20)18-13-7-3-11(4-8-13)16(25-17(21)22)12-5-9-14(10-6-12)19(23)24/h2-10,16H,1H2,(H,18,20)(H,21,22). The van der Waals surface area contributed by atoms with Crippen LogP contribution >= 0.6 is 0 Å². The minimum Gasteiger partial charge on any atom is -0.450 e. The number of amides is 1. The second-order valence-corrected chi connectivity index (χ2v) is 4.93. The van der Waals surface area contributed by atoms with Gasteiger partial charge >= 0.3 is 6.16 Å². The number of hydrogen-bond donors (Lipinski definition) is 2. The van der Waals surface area contributed by atoms with Crippen molar-refractivity contribution < 1.29 is 24.4 Å². The number of ether oxygens (including phenoxy) is 1. The van der Waals surface area contributed by atoms with Gasteiger partial charge in [-0.1, -0.05) is 18.7 Å². The molecule has 0 saturated heterocycles. The number of carbonyl (C=O) groups is 2. The molecule has 2 aromatic carbocycles. The van der Waals surface area contributed by atoms with E-state index in [1.807, 2.05) is 0 Å². The molecular formula is C17H14N2O6. The summed E-state index contributed by atoms with van der Waals surface area (Å²) >= 11 is 0. The average Bonchev–Trinajstić information content (AvgIpc) is 2.60. The van der Waals surface area contributed by atoms with Crippen LogP contribution in [0.5, 0.6) is 0 Å². The number of hydrogen-bond acceptors (Lipinski definition) is 5. The Morgan fingerprint density at radius 2 is 1.64 bits per heavy atom. The molecule has 1 atom stereocenters. The molecule has 0 aromatic heterocycles. The summed E-state index contributed by atoms with van der Waals surface area (Å²) in [5, 5.41) is 22.2. The number of nitro groups is 1. The summed E-state index contributed by atoms with van der Waals surface area (Å²) in [6.07, 6.45) is -1.31. The van der Waals surface area contributed by atoms with E-state index in [1.54, 1.807) is 24.3 Å². The largest absolute Gasteiger partial charge is 0.506 e. The van der Waals surface area contributed by atoms with E-state index in [0.29, 0.717) is 16.8 Å². The lowest BCUT2D eigenvalue weighted by molar-refractivity contribution is -0.384. The highest BCUT2D eigenvalue weighted by molar-refractivity contribution is 5.98. The van der Waals surface area contributed by atoms with Gasteiger partial charge in [0.15, 0.2) is 6.10 Å². The summed E-state index contributed by atoms with van der Waals surface area (Å²) in [4.78, 5) is 32.4. The van der Waals surface area contributed by atoms with Gasteiger partial charge in [-0.15, -0.1) is 0 Å². The molecule has 0 spiro atoms. The maximum absolute atomic E-state index is 11.3. The molecule has 1 unspecified atom stereocenters. The van der Waals surface area contributed by atoms with Gasteiger partial charge < -0.3 is 15.2 Å². The Labute approximate surface area is 142 Å².